The number of nitrogens with zero attached hydrogens (tertiary/aromatic N) is 1. The molecule has 1 atom stereocenters. The number of rotatable bonds is 9. The van der Waals surface area contributed by atoms with Crippen molar-refractivity contribution in [3.8, 4) is 11.5 Å². The SMILES string of the molecule is O=C(O)C1=C(c2ccccc2)C2=C(Cc3cc4c(cc3Cl)OCO4)C(Cc3ccccc3)(OCc3ccccc3)C=CC2=N1. The first kappa shape index (κ1) is 27.9. The van der Waals surface area contributed by atoms with E-state index >= 15 is 0 Å². The molecular weight excluding hydrogens is 574 g/mol. The van der Waals surface area contributed by atoms with E-state index in [1.54, 1.807) is 6.07 Å². The van der Waals surface area contributed by atoms with Crippen molar-refractivity contribution in [3.05, 3.63) is 159 Å². The number of fused-ring (bicyclic) bond motifs is 2. The van der Waals surface area contributed by atoms with Crippen LogP contribution in [0.2, 0.25) is 5.02 Å². The molecule has 0 fully saturated rings. The van der Waals surface area contributed by atoms with Gasteiger partial charge in [-0.2, -0.15) is 0 Å². The Morgan fingerprint density at radius 2 is 1.50 bits per heavy atom. The lowest BCUT2D eigenvalue weighted by molar-refractivity contribution is -0.132. The maximum atomic E-state index is 12.6. The Kier molecular flexibility index (Phi) is 7.38. The van der Waals surface area contributed by atoms with Crippen LogP contribution in [0.1, 0.15) is 22.3 Å². The average molecular weight is 602 g/mol. The minimum atomic E-state index is -1.09. The van der Waals surface area contributed by atoms with Gasteiger partial charge in [0.1, 0.15) is 5.60 Å². The fourth-order valence-corrected chi connectivity index (χ4v) is 6.25. The monoisotopic (exact) mass is 601 g/mol. The van der Waals surface area contributed by atoms with Crippen LogP contribution in [-0.4, -0.2) is 29.2 Å². The zero-order valence-corrected chi connectivity index (χ0v) is 24.5. The molecule has 4 aromatic carbocycles. The molecule has 1 aliphatic carbocycles. The minimum absolute atomic E-state index is 0.00120. The van der Waals surface area contributed by atoms with Gasteiger partial charge in [0.2, 0.25) is 6.79 Å². The number of aliphatic carboxylic acids is 1. The summed E-state index contributed by atoms with van der Waals surface area (Å²) in [6.45, 7) is 0.468. The number of benzene rings is 4. The van der Waals surface area contributed by atoms with E-state index in [4.69, 9.17) is 25.8 Å². The number of aliphatic imine (C=N–C) groups is 1. The first-order valence-corrected chi connectivity index (χ1v) is 14.7. The van der Waals surface area contributed by atoms with Gasteiger partial charge in [0.05, 0.1) is 12.3 Å². The largest absolute Gasteiger partial charge is 0.476 e. The maximum Gasteiger partial charge on any atom is 0.355 e. The third-order valence-electron chi connectivity index (χ3n) is 8.12. The lowest BCUT2D eigenvalue weighted by Gasteiger charge is -2.38. The van der Waals surface area contributed by atoms with Crippen LogP contribution >= 0.6 is 11.6 Å². The smallest absolute Gasteiger partial charge is 0.355 e. The Bertz CT molecular complexity index is 1860. The van der Waals surface area contributed by atoms with Crippen molar-refractivity contribution in [1.82, 2.24) is 0 Å². The van der Waals surface area contributed by atoms with Gasteiger partial charge in [-0.25, -0.2) is 9.79 Å². The predicted molar refractivity (Wildman–Crippen MR) is 170 cm³/mol. The van der Waals surface area contributed by atoms with E-state index in [0.29, 0.717) is 47.3 Å². The molecule has 1 unspecified atom stereocenters. The van der Waals surface area contributed by atoms with E-state index in [9.17, 15) is 9.90 Å². The number of carboxylic acids is 1. The van der Waals surface area contributed by atoms with Crippen molar-refractivity contribution in [2.45, 2.75) is 25.0 Å². The molecule has 6 nitrogen and oxygen atoms in total. The third kappa shape index (κ3) is 5.23. The van der Waals surface area contributed by atoms with Crippen LogP contribution in [0.5, 0.6) is 11.5 Å². The number of halogens is 1. The molecule has 0 saturated carbocycles. The number of hydrogen-bond acceptors (Lipinski definition) is 5. The average Bonchev–Trinajstić information content (AvgIpc) is 3.67. The van der Waals surface area contributed by atoms with Crippen LogP contribution in [-0.2, 0) is 29.0 Å². The Labute approximate surface area is 260 Å². The fraction of sp³-hybridized carbons (Fsp3) is 0.135. The summed E-state index contributed by atoms with van der Waals surface area (Å²) in [4.78, 5) is 17.3. The van der Waals surface area contributed by atoms with Gasteiger partial charge in [0.25, 0.3) is 0 Å². The van der Waals surface area contributed by atoms with E-state index in [1.165, 1.54) is 0 Å². The van der Waals surface area contributed by atoms with Crippen LogP contribution < -0.4 is 9.47 Å². The number of ether oxygens (including phenoxy) is 3. The van der Waals surface area contributed by atoms with E-state index in [2.05, 4.69) is 17.1 Å². The van der Waals surface area contributed by atoms with Crippen molar-refractivity contribution >= 4 is 28.9 Å². The first-order chi connectivity index (χ1) is 21.5. The summed E-state index contributed by atoms with van der Waals surface area (Å²) in [5.74, 6) is 0.119. The van der Waals surface area contributed by atoms with Gasteiger partial charge >= 0.3 is 5.97 Å². The molecule has 2 aliphatic heterocycles. The Balaban J connectivity index is 1.46. The van der Waals surface area contributed by atoms with E-state index in [0.717, 1.165) is 33.4 Å². The second kappa shape index (κ2) is 11.6. The summed E-state index contributed by atoms with van der Waals surface area (Å²) in [6, 6.07) is 33.4. The molecule has 218 valence electrons. The molecule has 0 radical (unpaired) electrons. The van der Waals surface area contributed by atoms with Gasteiger partial charge in [-0.05, 0) is 52.5 Å². The summed E-state index contributed by atoms with van der Waals surface area (Å²) in [7, 11) is 0. The molecule has 0 aromatic heterocycles. The Morgan fingerprint density at radius 3 is 2.18 bits per heavy atom. The minimum Gasteiger partial charge on any atom is -0.476 e. The van der Waals surface area contributed by atoms with Crippen LogP contribution in [0.3, 0.4) is 0 Å². The van der Waals surface area contributed by atoms with E-state index in [-0.39, 0.29) is 12.5 Å². The molecule has 3 aliphatic rings. The number of allylic oxidation sites excluding steroid dienone is 3. The zero-order valence-electron chi connectivity index (χ0n) is 23.7. The zero-order chi connectivity index (χ0) is 30.1. The van der Waals surface area contributed by atoms with E-state index in [1.807, 2.05) is 97.1 Å². The maximum absolute atomic E-state index is 12.6. The standard InChI is InChI=1S/C37H28ClNO5/c38-29-20-32-31(42-23-43-32)19-27(29)18-28-34-30(39-35(36(40)41)33(34)26-14-8-3-9-15-26)16-17-37(28,21-24-10-4-1-5-11-24)44-22-25-12-6-2-7-13-25/h1-17,19-20H,18,21-23H2,(H,40,41). The highest BCUT2D eigenvalue weighted by Crippen LogP contribution is 2.47. The molecule has 2 heterocycles. The molecule has 7 rings (SSSR count). The summed E-state index contributed by atoms with van der Waals surface area (Å²) < 4.78 is 18.3. The van der Waals surface area contributed by atoms with Gasteiger partial charge in [0, 0.05) is 28.7 Å². The highest BCUT2D eigenvalue weighted by Gasteiger charge is 2.43. The summed E-state index contributed by atoms with van der Waals surface area (Å²) in [6.07, 6.45) is 4.79. The molecule has 1 N–H and O–H groups in total. The number of carboxylic acid groups (broad SMARTS) is 1. The second-order valence-electron chi connectivity index (χ2n) is 10.9. The van der Waals surface area contributed by atoms with Crippen molar-refractivity contribution in [2.24, 2.45) is 4.99 Å². The quantitative estimate of drug-likeness (QED) is 0.213. The van der Waals surface area contributed by atoms with Crippen molar-refractivity contribution in [3.63, 3.8) is 0 Å². The van der Waals surface area contributed by atoms with Gasteiger partial charge < -0.3 is 19.3 Å². The predicted octanol–water partition coefficient (Wildman–Crippen LogP) is 7.63. The fourth-order valence-electron chi connectivity index (χ4n) is 6.03. The number of hydrogen-bond donors (Lipinski definition) is 1. The first-order valence-electron chi connectivity index (χ1n) is 14.4. The molecule has 0 amide bonds. The van der Waals surface area contributed by atoms with Crippen LogP contribution in [0.15, 0.2) is 137 Å². The summed E-state index contributed by atoms with van der Waals surface area (Å²) in [5, 5.41) is 10.9. The van der Waals surface area contributed by atoms with Crippen LogP contribution in [0, 0.1) is 0 Å². The topological polar surface area (TPSA) is 77.4 Å². The lowest BCUT2D eigenvalue weighted by Crippen LogP contribution is -2.40. The van der Waals surface area contributed by atoms with Gasteiger partial charge in [-0.1, -0.05) is 103 Å². The highest BCUT2D eigenvalue weighted by molar-refractivity contribution is 6.32. The van der Waals surface area contributed by atoms with Crippen molar-refractivity contribution in [2.75, 3.05) is 6.79 Å². The number of carbonyl (C=O) groups is 1. The normalized spacial score (nSPS) is 18.4. The van der Waals surface area contributed by atoms with Gasteiger partial charge in [-0.3, -0.25) is 0 Å². The van der Waals surface area contributed by atoms with E-state index < -0.39 is 11.6 Å². The van der Waals surface area contributed by atoms with Crippen LogP contribution in [0.4, 0.5) is 0 Å². The third-order valence-corrected chi connectivity index (χ3v) is 8.47. The summed E-state index contributed by atoms with van der Waals surface area (Å²) in [5.41, 5.74) is 5.47. The molecule has 0 bridgehead atoms. The second-order valence-corrected chi connectivity index (χ2v) is 11.3. The molecule has 7 heteroatoms. The van der Waals surface area contributed by atoms with Crippen LogP contribution in [0.25, 0.3) is 5.57 Å². The summed E-state index contributed by atoms with van der Waals surface area (Å²) >= 11 is 6.88. The van der Waals surface area contributed by atoms with Gasteiger partial charge in [-0.15, -0.1) is 0 Å². The van der Waals surface area contributed by atoms with Gasteiger partial charge in [0.15, 0.2) is 17.2 Å². The molecule has 4 aromatic rings. The molecule has 0 saturated heterocycles. The Morgan fingerprint density at radius 1 is 0.864 bits per heavy atom. The highest BCUT2D eigenvalue weighted by atomic mass is 35.5. The molecule has 44 heavy (non-hydrogen) atoms. The van der Waals surface area contributed by atoms with Crippen molar-refractivity contribution < 1.29 is 24.1 Å². The van der Waals surface area contributed by atoms with Crippen molar-refractivity contribution in [1.29, 1.82) is 0 Å². The molecular formula is C37H28ClNO5. The Hall–Kier alpha value is -4.91. The molecule has 0 spiro atoms. The lowest BCUT2D eigenvalue weighted by atomic mass is 9.74.